The Morgan fingerprint density at radius 2 is 1.92 bits per heavy atom. The van der Waals surface area contributed by atoms with Gasteiger partial charge in [0.25, 0.3) is 5.56 Å². The van der Waals surface area contributed by atoms with Crippen LogP contribution in [0.2, 0.25) is 5.02 Å². The van der Waals surface area contributed by atoms with Gasteiger partial charge in [-0.15, -0.1) is 0 Å². The molecular weight excluding hydrogens is 491 g/mol. The van der Waals surface area contributed by atoms with Crippen molar-refractivity contribution in [2.24, 2.45) is 0 Å². The Bertz CT molecular complexity index is 1360. The van der Waals surface area contributed by atoms with Crippen molar-refractivity contribution in [1.82, 2.24) is 14.9 Å². The maximum atomic E-state index is 13.1. The zero-order chi connectivity index (χ0) is 25.5. The predicted molar refractivity (Wildman–Crippen MR) is 130 cm³/mol. The molecule has 1 aromatic heterocycles. The van der Waals surface area contributed by atoms with Crippen LogP contribution in [0.5, 0.6) is 0 Å². The van der Waals surface area contributed by atoms with E-state index in [9.17, 15) is 22.8 Å². The Kier molecular flexibility index (Phi) is 6.41. The lowest BCUT2D eigenvalue weighted by Gasteiger charge is -2.21. The minimum absolute atomic E-state index is 0.0674. The lowest BCUT2D eigenvalue weighted by molar-refractivity contribution is -0.137. The summed E-state index contributed by atoms with van der Waals surface area (Å²) in [6.45, 7) is 0.607. The molecule has 9 heteroatoms. The highest BCUT2D eigenvalue weighted by Crippen LogP contribution is 2.52. The molecule has 2 heterocycles. The van der Waals surface area contributed by atoms with Crippen molar-refractivity contribution < 1.29 is 18.0 Å². The first kappa shape index (κ1) is 24.6. The van der Waals surface area contributed by atoms with Crippen LogP contribution in [-0.4, -0.2) is 27.3 Å². The van der Waals surface area contributed by atoms with E-state index < -0.39 is 11.7 Å². The zero-order valence-electron chi connectivity index (χ0n) is 19.5. The summed E-state index contributed by atoms with van der Waals surface area (Å²) in [7, 11) is 0. The van der Waals surface area contributed by atoms with Crippen molar-refractivity contribution in [2.45, 2.75) is 56.7 Å². The minimum Gasteiger partial charge on any atom is -0.338 e. The summed E-state index contributed by atoms with van der Waals surface area (Å²) < 4.78 is 38.9. The van der Waals surface area contributed by atoms with Crippen LogP contribution in [0.1, 0.15) is 59.5 Å². The van der Waals surface area contributed by atoms with E-state index in [0.29, 0.717) is 47.1 Å². The van der Waals surface area contributed by atoms with Crippen LogP contribution in [0.4, 0.5) is 13.2 Å². The van der Waals surface area contributed by atoms with Gasteiger partial charge in [0.1, 0.15) is 5.82 Å². The highest BCUT2D eigenvalue weighted by molar-refractivity contribution is 6.30. The second kappa shape index (κ2) is 9.39. The number of aryl methyl sites for hydroxylation is 2. The van der Waals surface area contributed by atoms with Crippen LogP contribution in [0.25, 0.3) is 0 Å². The number of H-pyrrole nitrogens is 1. The van der Waals surface area contributed by atoms with Crippen molar-refractivity contribution in [3.8, 4) is 0 Å². The maximum Gasteiger partial charge on any atom is 0.416 e. The van der Waals surface area contributed by atoms with Crippen LogP contribution in [0, 0.1) is 0 Å². The van der Waals surface area contributed by atoms with E-state index in [2.05, 4.69) is 4.98 Å². The molecule has 2 aliphatic rings. The number of halogens is 4. The van der Waals surface area contributed by atoms with Gasteiger partial charge in [0.05, 0.1) is 28.8 Å². The van der Waals surface area contributed by atoms with Crippen LogP contribution >= 0.6 is 11.6 Å². The van der Waals surface area contributed by atoms with Crippen molar-refractivity contribution >= 4 is 17.5 Å². The lowest BCUT2D eigenvalue weighted by Crippen LogP contribution is -2.33. The molecule has 0 bridgehead atoms. The first-order chi connectivity index (χ1) is 17.2. The number of alkyl halides is 3. The second-order valence-electron chi connectivity index (χ2n) is 9.55. The van der Waals surface area contributed by atoms with Gasteiger partial charge in [-0.1, -0.05) is 41.9 Å². The first-order valence-electron chi connectivity index (χ1n) is 12.0. The van der Waals surface area contributed by atoms with Crippen molar-refractivity contribution in [3.63, 3.8) is 0 Å². The number of fused-ring (bicyclic) bond motifs is 1. The molecule has 36 heavy (non-hydrogen) atoms. The molecular formula is C27H25ClF3N3O2. The van der Waals surface area contributed by atoms with Gasteiger partial charge in [0.15, 0.2) is 0 Å². The standard InChI is InChI=1S/C27H25ClF3N3O2/c28-20-7-2-5-18(15-20)26(11-12-26)25-32-22-8-3-13-34(16-21(22)24(36)33-25)23(35)10-9-17-4-1-6-19(14-17)27(29,30)31/h1-2,4-7,14-15H,3,8-13,16H2,(H,32,33,36). The maximum absolute atomic E-state index is 13.1. The molecule has 1 fully saturated rings. The Morgan fingerprint density at radius 1 is 1.14 bits per heavy atom. The largest absolute Gasteiger partial charge is 0.416 e. The Balaban J connectivity index is 1.32. The number of aromatic amines is 1. The number of carbonyl (C=O) groups is 1. The topological polar surface area (TPSA) is 66.1 Å². The molecule has 0 saturated heterocycles. The number of hydrogen-bond donors (Lipinski definition) is 1. The van der Waals surface area contributed by atoms with Crippen LogP contribution in [0.15, 0.2) is 53.3 Å². The van der Waals surface area contributed by atoms with Crippen LogP contribution in [0.3, 0.4) is 0 Å². The van der Waals surface area contributed by atoms with E-state index in [0.717, 1.165) is 30.5 Å². The molecule has 3 aromatic rings. The van der Waals surface area contributed by atoms with Gasteiger partial charge >= 0.3 is 6.18 Å². The number of carbonyl (C=O) groups excluding carboxylic acids is 1. The predicted octanol–water partition coefficient (Wildman–Crippen LogP) is 5.43. The molecule has 0 atom stereocenters. The quantitative estimate of drug-likeness (QED) is 0.493. The highest BCUT2D eigenvalue weighted by Gasteiger charge is 2.48. The van der Waals surface area contributed by atoms with Crippen LogP contribution in [-0.2, 0) is 35.8 Å². The average Bonchev–Trinajstić information content (AvgIpc) is 3.67. The van der Waals surface area contributed by atoms with Gasteiger partial charge in [-0.3, -0.25) is 9.59 Å². The number of nitrogens with zero attached hydrogens (tertiary/aromatic N) is 2. The molecule has 2 aromatic carbocycles. The Labute approximate surface area is 211 Å². The van der Waals surface area contributed by atoms with Crippen LogP contribution < -0.4 is 5.56 Å². The lowest BCUT2D eigenvalue weighted by atomic mass is 9.94. The van der Waals surface area contributed by atoms with E-state index in [4.69, 9.17) is 16.6 Å². The van der Waals surface area contributed by atoms with E-state index in [1.165, 1.54) is 6.07 Å². The number of aromatic nitrogens is 2. The number of rotatable bonds is 5. The first-order valence-corrected chi connectivity index (χ1v) is 12.4. The summed E-state index contributed by atoms with van der Waals surface area (Å²) in [6.07, 6.45) is -1.19. The third kappa shape index (κ3) is 4.91. The van der Waals surface area contributed by atoms with Crippen molar-refractivity contribution in [2.75, 3.05) is 6.54 Å². The molecule has 5 rings (SSSR count). The van der Waals surface area contributed by atoms with Gasteiger partial charge in [-0.2, -0.15) is 13.2 Å². The van der Waals surface area contributed by atoms with Gasteiger partial charge < -0.3 is 9.88 Å². The smallest absolute Gasteiger partial charge is 0.338 e. The summed E-state index contributed by atoms with van der Waals surface area (Å²) in [4.78, 5) is 35.5. The molecule has 1 N–H and O–H groups in total. The normalized spacial score (nSPS) is 16.8. The fraction of sp³-hybridized carbons (Fsp3) is 0.370. The summed E-state index contributed by atoms with van der Waals surface area (Å²) in [5.74, 6) is 0.444. The van der Waals surface area contributed by atoms with Crippen molar-refractivity contribution in [3.05, 3.63) is 97.7 Å². The van der Waals surface area contributed by atoms with Gasteiger partial charge in [0, 0.05) is 18.0 Å². The molecule has 1 saturated carbocycles. The third-order valence-corrected chi connectivity index (χ3v) is 7.34. The van der Waals surface area contributed by atoms with Crippen molar-refractivity contribution in [1.29, 1.82) is 0 Å². The monoisotopic (exact) mass is 515 g/mol. The fourth-order valence-electron chi connectivity index (χ4n) is 4.95. The molecule has 0 radical (unpaired) electrons. The van der Waals surface area contributed by atoms with E-state index >= 15 is 0 Å². The number of benzene rings is 2. The van der Waals surface area contributed by atoms with E-state index in [1.807, 2.05) is 24.3 Å². The molecule has 5 nitrogen and oxygen atoms in total. The molecule has 188 valence electrons. The second-order valence-corrected chi connectivity index (χ2v) is 9.99. The van der Waals surface area contributed by atoms with Gasteiger partial charge in [0.2, 0.25) is 5.91 Å². The summed E-state index contributed by atoms with van der Waals surface area (Å²) in [6, 6.07) is 12.6. The third-order valence-electron chi connectivity index (χ3n) is 7.11. The summed E-state index contributed by atoms with van der Waals surface area (Å²) in [5, 5.41) is 0.634. The Morgan fingerprint density at radius 3 is 2.64 bits per heavy atom. The number of hydrogen-bond acceptors (Lipinski definition) is 3. The zero-order valence-corrected chi connectivity index (χ0v) is 20.3. The molecule has 1 aliphatic heterocycles. The van der Waals surface area contributed by atoms with Gasteiger partial charge in [-0.25, -0.2) is 4.98 Å². The summed E-state index contributed by atoms with van der Waals surface area (Å²) >= 11 is 6.19. The van der Waals surface area contributed by atoms with E-state index in [-0.39, 0.29) is 36.3 Å². The molecule has 1 amide bonds. The highest BCUT2D eigenvalue weighted by atomic mass is 35.5. The Hall–Kier alpha value is -3.13. The SMILES string of the molecule is O=C(CCc1cccc(C(F)(F)F)c1)N1CCCc2nc(C3(c4cccc(Cl)c4)CC3)[nH]c(=O)c2C1. The fourth-order valence-corrected chi connectivity index (χ4v) is 5.14. The van der Waals surface area contributed by atoms with Gasteiger partial charge in [-0.05, 0) is 61.4 Å². The molecule has 1 aliphatic carbocycles. The average molecular weight is 516 g/mol. The molecule has 0 unspecified atom stereocenters. The minimum atomic E-state index is -4.42. The summed E-state index contributed by atoms with van der Waals surface area (Å²) in [5.41, 5.74) is 1.34. The number of amides is 1. The van der Waals surface area contributed by atoms with E-state index in [1.54, 1.807) is 11.0 Å². The number of nitrogens with one attached hydrogen (secondary N) is 1. The molecule has 0 spiro atoms.